The minimum absolute atomic E-state index is 0.312. The second kappa shape index (κ2) is 7.52. The molecule has 3 unspecified atom stereocenters. The first kappa shape index (κ1) is 17.2. The number of aromatic nitrogens is 1. The van der Waals surface area contributed by atoms with Crippen molar-refractivity contribution in [3.63, 3.8) is 0 Å². The van der Waals surface area contributed by atoms with Crippen LogP contribution in [0, 0.1) is 23.2 Å². The first-order valence-corrected chi connectivity index (χ1v) is 8.94. The van der Waals surface area contributed by atoms with Gasteiger partial charge in [-0.3, -0.25) is 4.98 Å². The van der Waals surface area contributed by atoms with Gasteiger partial charge in [-0.05, 0) is 42.9 Å². The van der Waals surface area contributed by atoms with Gasteiger partial charge in [0, 0.05) is 12.4 Å². The van der Waals surface area contributed by atoms with Gasteiger partial charge in [-0.15, -0.1) is 0 Å². The van der Waals surface area contributed by atoms with Crippen LogP contribution in [0.25, 0.3) is 5.57 Å². The molecule has 25 heavy (non-hydrogen) atoms. The Bertz CT molecular complexity index is 754. The van der Waals surface area contributed by atoms with Crippen LogP contribution >= 0.6 is 0 Å². The van der Waals surface area contributed by atoms with Gasteiger partial charge >= 0.3 is 0 Å². The number of allylic oxidation sites excluding steroid dienone is 2. The molecule has 1 saturated carbocycles. The number of guanidine groups is 1. The Morgan fingerprint density at radius 1 is 1.32 bits per heavy atom. The van der Waals surface area contributed by atoms with Crippen molar-refractivity contribution < 1.29 is 0 Å². The Morgan fingerprint density at radius 3 is 2.88 bits per heavy atom. The third-order valence-corrected chi connectivity index (χ3v) is 5.30. The molecule has 0 amide bonds. The molecule has 1 aliphatic carbocycles. The van der Waals surface area contributed by atoms with Crippen LogP contribution in [0.5, 0.6) is 0 Å². The molecule has 0 bridgehead atoms. The second-order valence-corrected chi connectivity index (χ2v) is 6.99. The van der Waals surface area contributed by atoms with Crippen molar-refractivity contribution in [1.82, 2.24) is 15.6 Å². The zero-order chi connectivity index (χ0) is 17.8. The summed E-state index contributed by atoms with van der Waals surface area (Å²) in [6, 6.07) is 8.19. The average molecular weight is 335 g/mol. The highest BCUT2D eigenvalue weighted by Gasteiger charge is 2.27. The number of nitrogens with one attached hydrogen (secondary N) is 2. The van der Waals surface area contributed by atoms with Crippen molar-refractivity contribution in [2.75, 3.05) is 0 Å². The van der Waals surface area contributed by atoms with Crippen LogP contribution in [0.1, 0.15) is 45.7 Å². The molecular formula is C20H25N5. The Morgan fingerprint density at radius 2 is 2.16 bits per heavy atom. The van der Waals surface area contributed by atoms with E-state index in [1.807, 2.05) is 31.3 Å². The van der Waals surface area contributed by atoms with Gasteiger partial charge in [-0.2, -0.15) is 5.26 Å². The molecule has 3 atom stereocenters. The molecule has 1 aromatic rings. The quantitative estimate of drug-likeness (QED) is 0.810. The van der Waals surface area contributed by atoms with Gasteiger partial charge in [0.2, 0.25) is 0 Å². The van der Waals surface area contributed by atoms with Crippen molar-refractivity contribution in [2.45, 2.75) is 46.1 Å². The number of nitriles is 1. The van der Waals surface area contributed by atoms with Crippen LogP contribution in [0.2, 0.25) is 0 Å². The molecule has 5 heteroatoms. The highest BCUT2D eigenvalue weighted by molar-refractivity contribution is 5.90. The topological polar surface area (TPSA) is 73.1 Å². The van der Waals surface area contributed by atoms with Crippen LogP contribution in [-0.2, 0) is 0 Å². The molecule has 5 nitrogen and oxygen atoms in total. The molecule has 0 radical (unpaired) electrons. The minimum Gasteiger partial charge on any atom is -0.332 e. The lowest BCUT2D eigenvalue weighted by Gasteiger charge is -2.32. The molecule has 3 rings (SSSR count). The normalized spacial score (nSPS) is 29.9. The molecule has 130 valence electrons. The van der Waals surface area contributed by atoms with E-state index in [2.05, 4.69) is 35.5 Å². The van der Waals surface area contributed by atoms with E-state index in [1.165, 1.54) is 12.8 Å². The van der Waals surface area contributed by atoms with E-state index in [9.17, 15) is 5.26 Å². The predicted octanol–water partition coefficient (Wildman–Crippen LogP) is 3.59. The van der Waals surface area contributed by atoms with E-state index in [4.69, 9.17) is 4.99 Å². The summed E-state index contributed by atoms with van der Waals surface area (Å²) in [5, 5.41) is 16.2. The molecule has 1 fully saturated rings. The van der Waals surface area contributed by atoms with E-state index >= 15 is 0 Å². The van der Waals surface area contributed by atoms with Crippen molar-refractivity contribution in [2.24, 2.45) is 16.8 Å². The maximum absolute atomic E-state index is 9.66. The van der Waals surface area contributed by atoms with E-state index in [0.717, 1.165) is 23.7 Å². The lowest BCUT2D eigenvalue weighted by Crippen LogP contribution is -2.41. The summed E-state index contributed by atoms with van der Waals surface area (Å²) in [5.74, 6) is 1.98. The predicted molar refractivity (Wildman–Crippen MR) is 100 cm³/mol. The molecule has 1 aromatic heterocycles. The summed E-state index contributed by atoms with van der Waals surface area (Å²) in [5.41, 5.74) is 2.94. The average Bonchev–Trinajstić information content (AvgIpc) is 2.63. The fraction of sp³-hybridized carbons (Fsp3) is 0.450. The van der Waals surface area contributed by atoms with Crippen LogP contribution in [-0.4, -0.2) is 17.0 Å². The maximum atomic E-state index is 9.66. The van der Waals surface area contributed by atoms with Crippen molar-refractivity contribution >= 4 is 11.5 Å². The van der Waals surface area contributed by atoms with E-state index in [0.29, 0.717) is 29.1 Å². The Hall–Kier alpha value is -2.61. The van der Waals surface area contributed by atoms with Gasteiger partial charge in [0.05, 0.1) is 17.4 Å². The van der Waals surface area contributed by atoms with Crippen molar-refractivity contribution in [1.29, 1.82) is 5.26 Å². The Balaban J connectivity index is 1.91. The van der Waals surface area contributed by atoms with Crippen LogP contribution in [0.4, 0.5) is 0 Å². The zero-order valence-electron chi connectivity index (χ0n) is 15.1. The number of aliphatic imine (C=N–C) groups is 1. The molecule has 0 spiro atoms. The fourth-order valence-corrected chi connectivity index (χ4v) is 3.48. The minimum atomic E-state index is 0.312. The third-order valence-electron chi connectivity index (χ3n) is 5.30. The SMILES string of the molecule is CC1=CNC(=NC2CCCC(C)C2C)NC1=C(C#N)c1ccccn1. The molecule has 1 aliphatic heterocycles. The lowest BCUT2D eigenvalue weighted by atomic mass is 9.78. The number of rotatable bonds is 2. The summed E-state index contributed by atoms with van der Waals surface area (Å²) in [6.07, 6.45) is 7.23. The van der Waals surface area contributed by atoms with Gasteiger partial charge in [0.15, 0.2) is 5.96 Å². The smallest absolute Gasteiger partial charge is 0.200 e. The van der Waals surface area contributed by atoms with E-state index in [1.54, 1.807) is 6.20 Å². The fourth-order valence-electron chi connectivity index (χ4n) is 3.48. The first-order chi connectivity index (χ1) is 12.1. The maximum Gasteiger partial charge on any atom is 0.200 e. The van der Waals surface area contributed by atoms with Crippen LogP contribution in [0.15, 0.2) is 46.9 Å². The first-order valence-electron chi connectivity index (χ1n) is 8.94. The summed E-state index contributed by atoms with van der Waals surface area (Å²) >= 11 is 0. The Kier molecular flexibility index (Phi) is 5.18. The van der Waals surface area contributed by atoms with Gasteiger partial charge in [0.25, 0.3) is 0 Å². The van der Waals surface area contributed by atoms with Crippen LogP contribution < -0.4 is 10.6 Å². The zero-order valence-corrected chi connectivity index (χ0v) is 15.1. The number of hydrogen-bond acceptors (Lipinski definition) is 3. The van der Waals surface area contributed by atoms with Crippen molar-refractivity contribution in [3.8, 4) is 6.07 Å². The molecule has 2 aliphatic rings. The third kappa shape index (κ3) is 3.74. The number of pyridine rings is 1. The van der Waals surface area contributed by atoms with Crippen LogP contribution in [0.3, 0.4) is 0 Å². The highest BCUT2D eigenvalue weighted by Crippen LogP contribution is 2.31. The van der Waals surface area contributed by atoms with Crippen molar-refractivity contribution in [3.05, 3.63) is 47.6 Å². The highest BCUT2D eigenvalue weighted by atomic mass is 15.2. The summed E-state index contributed by atoms with van der Waals surface area (Å²) in [6.45, 7) is 6.56. The molecule has 0 aromatic carbocycles. The summed E-state index contributed by atoms with van der Waals surface area (Å²) < 4.78 is 0. The van der Waals surface area contributed by atoms with Gasteiger partial charge in [0.1, 0.15) is 11.6 Å². The van der Waals surface area contributed by atoms with E-state index in [-0.39, 0.29) is 0 Å². The molecule has 2 N–H and O–H groups in total. The van der Waals surface area contributed by atoms with Gasteiger partial charge in [-0.25, -0.2) is 4.99 Å². The molecule has 2 heterocycles. The summed E-state index contributed by atoms with van der Waals surface area (Å²) in [4.78, 5) is 9.22. The van der Waals surface area contributed by atoms with Gasteiger partial charge in [-0.1, -0.05) is 32.8 Å². The Labute approximate surface area is 149 Å². The largest absolute Gasteiger partial charge is 0.332 e. The lowest BCUT2D eigenvalue weighted by molar-refractivity contribution is 0.241. The number of hydrogen-bond donors (Lipinski definition) is 2. The number of nitrogens with zero attached hydrogens (tertiary/aromatic N) is 3. The standard InChI is InChI=1S/C20H25N5/c1-13-7-6-9-17(15(13)3)24-20-23-12-14(2)19(25-20)16(11-21)18-8-4-5-10-22-18/h4-5,8,10,12-13,15,17H,6-7,9H2,1-3H3,(H2,23,24,25). The van der Waals surface area contributed by atoms with E-state index < -0.39 is 0 Å². The summed E-state index contributed by atoms with van der Waals surface area (Å²) in [7, 11) is 0. The van der Waals surface area contributed by atoms with Gasteiger partial charge < -0.3 is 10.6 Å². The second-order valence-electron chi connectivity index (χ2n) is 6.99. The monoisotopic (exact) mass is 335 g/mol. The molecule has 0 saturated heterocycles. The molecular weight excluding hydrogens is 310 g/mol.